The van der Waals surface area contributed by atoms with Gasteiger partial charge in [-0.05, 0) is 43.4 Å². The standard InChI is InChI=1S/C15H20N2OS/c1-10(13-8-16-9-13)15(18)17-11(2)12-4-6-14(19-3)7-5-12/h4-7,11,16H,8-9H2,1-3H3,(H,17,18). The van der Waals surface area contributed by atoms with Gasteiger partial charge >= 0.3 is 0 Å². The SMILES string of the molecule is CSc1ccc(C(C)NC(=O)C(C)=C2CNC2)cc1. The highest BCUT2D eigenvalue weighted by atomic mass is 32.2. The van der Waals surface area contributed by atoms with Crippen molar-refractivity contribution in [3.63, 3.8) is 0 Å². The van der Waals surface area contributed by atoms with Crippen LogP contribution in [0, 0.1) is 0 Å². The van der Waals surface area contributed by atoms with Gasteiger partial charge in [-0.15, -0.1) is 11.8 Å². The van der Waals surface area contributed by atoms with Gasteiger partial charge in [-0.25, -0.2) is 0 Å². The molecule has 1 aliphatic rings. The number of carbonyl (C=O) groups is 1. The van der Waals surface area contributed by atoms with Crippen LogP contribution in [-0.2, 0) is 4.79 Å². The fourth-order valence-corrected chi connectivity index (χ4v) is 2.36. The van der Waals surface area contributed by atoms with Crippen molar-refractivity contribution in [1.82, 2.24) is 10.6 Å². The zero-order valence-corrected chi connectivity index (χ0v) is 12.4. The van der Waals surface area contributed by atoms with E-state index < -0.39 is 0 Å². The monoisotopic (exact) mass is 276 g/mol. The molecule has 2 N–H and O–H groups in total. The van der Waals surface area contributed by atoms with Crippen molar-refractivity contribution < 1.29 is 4.79 Å². The van der Waals surface area contributed by atoms with Crippen molar-refractivity contribution in [3.8, 4) is 0 Å². The van der Waals surface area contributed by atoms with E-state index in [4.69, 9.17) is 0 Å². The maximum Gasteiger partial charge on any atom is 0.247 e. The average Bonchev–Trinajstić information content (AvgIpc) is 2.36. The molecule has 1 heterocycles. The predicted octanol–water partition coefficient (Wildman–Crippen LogP) is 2.51. The van der Waals surface area contributed by atoms with E-state index in [-0.39, 0.29) is 11.9 Å². The molecule has 0 aromatic heterocycles. The minimum atomic E-state index is 0.0343. The van der Waals surface area contributed by atoms with E-state index in [0.29, 0.717) is 0 Å². The molecule has 0 saturated carbocycles. The molecule has 0 aliphatic carbocycles. The highest BCUT2D eigenvalue weighted by Gasteiger charge is 2.17. The molecule has 1 aromatic carbocycles. The highest BCUT2D eigenvalue weighted by molar-refractivity contribution is 7.98. The van der Waals surface area contributed by atoms with Gasteiger partial charge in [0, 0.05) is 23.6 Å². The quantitative estimate of drug-likeness (QED) is 0.656. The van der Waals surface area contributed by atoms with E-state index in [1.807, 2.05) is 13.8 Å². The van der Waals surface area contributed by atoms with Crippen LogP contribution in [0.2, 0.25) is 0 Å². The van der Waals surface area contributed by atoms with Gasteiger partial charge in [-0.1, -0.05) is 12.1 Å². The molecule has 0 radical (unpaired) electrons. The normalized spacial score (nSPS) is 15.6. The molecule has 0 bridgehead atoms. The molecule has 19 heavy (non-hydrogen) atoms. The average molecular weight is 276 g/mol. The van der Waals surface area contributed by atoms with Gasteiger partial charge in [-0.3, -0.25) is 4.79 Å². The molecular formula is C15H20N2OS. The molecule has 1 aromatic rings. The summed E-state index contributed by atoms with van der Waals surface area (Å²) in [5, 5.41) is 6.21. The first kappa shape index (κ1) is 14.2. The zero-order chi connectivity index (χ0) is 13.8. The summed E-state index contributed by atoms with van der Waals surface area (Å²) < 4.78 is 0. The fraction of sp³-hybridized carbons (Fsp3) is 0.400. The highest BCUT2D eigenvalue weighted by Crippen LogP contribution is 2.19. The van der Waals surface area contributed by atoms with Crippen LogP contribution in [0.3, 0.4) is 0 Å². The Kier molecular flexibility index (Phi) is 4.66. The minimum Gasteiger partial charge on any atom is -0.346 e. The van der Waals surface area contributed by atoms with E-state index in [0.717, 1.165) is 24.2 Å². The second kappa shape index (κ2) is 6.26. The van der Waals surface area contributed by atoms with Gasteiger partial charge in [-0.2, -0.15) is 0 Å². The van der Waals surface area contributed by atoms with E-state index >= 15 is 0 Å². The van der Waals surface area contributed by atoms with Crippen molar-refractivity contribution in [2.24, 2.45) is 0 Å². The Labute approximate surface area is 118 Å². The largest absolute Gasteiger partial charge is 0.346 e. The summed E-state index contributed by atoms with van der Waals surface area (Å²) >= 11 is 1.72. The van der Waals surface area contributed by atoms with Crippen LogP contribution in [-0.4, -0.2) is 25.3 Å². The maximum absolute atomic E-state index is 12.1. The molecule has 1 amide bonds. The first-order chi connectivity index (χ1) is 9.11. The number of hydrogen-bond donors (Lipinski definition) is 2. The van der Waals surface area contributed by atoms with Gasteiger partial charge in [0.1, 0.15) is 0 Å². The molecule has 102 valence electrons. The minimum absolute atomic E-state index is 0.0343. The lowest BCUT2D eigenvalue weighted by Gasteiger charge is -2.22. The third kappa shape index (κ3) is 3.39. The summed E-state index contributed by atoms with van der Waals surface area (Å²) in [6.07, 6.45) is 2.06. The Balaban J connectivity index is 1.99. The lowest BCUT2D eigenvalue weighted by atomic mass is 10.0. The molecule has 3 nitrogen and oxygen atoms in total. The van der Waals surface area contributed by atoms with Crippen molar-refractivity contribution in [3.05, 3.63) is 41.0 Å². The smallest absolute Gasteiger partial charge is 0.247 e. The second-order valence-corrected chi connectivity index (χ2v) is 5.68. The lowest BCUT2D eigenvalue weighted by Crippen LogP contribution is -2.38. The van der Waals surface area contributed by atoms with Crippen molar-refractivity contribution in [1.29, 1.82) is 0 Å². The molecule has 2 rings (SSSR count). The zero-order valence-electron chi connectivity index (χ0n) is 11.6. The van der Waals surface area contributed by atoms with Crippen molar-refractivity contribution in [2.45, 2.75) is 24.8 Å². The van der Waals surface area contributed by atoms with Crippen molar-refractivity contribution >= 4 is 17.7 Å². The summed E-state index contributed by atoms with van der Waals surface area (Å²) in [7, 11) is 0. The molecule has 1 unspecified atom stereocenters. The van der Waals surface area contributed by atoms with Crippen LogP contribution in [0.1, 0.15) is 25.5 Å². The topological polar surface area (TPSA) is 41.1 Å². The number of hydrogen-bond acceptors (Lipinski definition) is 3. The Bertz CT molecular complexity index is 487. The third-order valence-corrected chi connectivity index (χ3v) is 4.25. The van der Waals surface area contributed by atoms with Gasteiger partial charge in [0.15, 0.2) is 0 Å². The molecule has 1 saturated heterocycles. The van der Waals surface area contributed by atoms with E-state index in [2.05, 4.69) is 41.2 Å². The second-order valence-electron chi connectivity index (χ2n) is 4.80. The van der Waals surface area contributed by atoms with Crippen molar-refractivity contribution in [2.75, 3.05) is 19.3 Å². The molecule has 4 heteroatoms. The summed E-state index contributed by atoms with van der Waals surface area (Å²) in [6.45, 7) is 5.60. The Morgan fingerprint density at radius 2 is 1.95 bits per heavy atom. The van der Waals surface area contributed by atoms with Gasteiger partial charge < -0.3 is 10.6 Å². The van der Waals surface area contributed by atoms with Gasteiger partial charge in [0.25, 0.3) is 0 Å². The number of rotatable bonds is 4. The Hall–Kier alpha value is -1.26. The molecule has 0 spiro atoms. The van der Waals surface area contributed by atoms with Crippen LogP contribution in [0.4, 0.5) is 0 Å². The molecule has 1 fully saturated rings. The van der Waals surface area contributed by atoms with Crippen LogP contribution in [0.25, 0.3) is 0 Å². The van der Waals surface area contributed by atoms with Crippen LogP contribution in [0.15, 0.2) is 40.3 Å². The van der Waals surface area contributed by atoms with Crippen LogP contribution < -0.4 is 10.6 Å². The van der Waals surface area contributed by atoms with Gasteiger partial charge in [0.05, 0.1) is 6.04 Å². The number of nitrogens with one attached hydrogen (secondary N) is 2. The number of amides is 1. The van der Waals surface area contributed by atoms with E-state index in [9.17, 15) is 4.79 Å². The Morgan fingerprint density at radius 3 is 2.42 bits per heavy atom. The predicted molar refractivity (Wildman–Crippen MR) is 80.4 cm³/mol. The summed E-state index contributed by atoms with van der Waals surface area (Å²) in [5.41, 5.74) is 3.20. The van der Waals surface area contributed by atoms with E-state index in [1.165, 1.54) is 10.5 Å². The molecule has 1 aliphatic heterocycles. The van der Waals surface area contributed by atoms with Crippen LogP contribution >= 0.6 is 11.8 Å². The maximum atomic E-state index is 12.1. The molecular weight excluding hydrogens is 256 g/mol. The lowest BCUT2D eigenvalue weighted by molar-refractivity contribution is -0.118. The van der Waals surface area contributed by atoms with Crippen LogP contribution in [0.5, 0.6) is 0 Å². The number of benzene rings is 1. The fourth-order valence-electron chi connectivity index (χ4n) is 1.96. The first-order valence-corrected chi connectivity index (χ1v) is 7.68. The number of carbonyl (C=O) groups excluding carboxylic acids is 1. The molecule has 1 atom stereocenters. The summed E-state index contributed by atoms with van der Waals surface area (Å²) in [5.74, 6) is 0.0398. The summed E-state index contributed by atoms with van der Waals surface area (Å²) in [6, 6.07) is 8.36. The van der Waals surface area contributed by atoms with Gasteiger partial charge in [0.2, 0.25) is 5.91 Å². The first-order valence-electron chi connectivity index (χ1n) is 6.46. The van der Waals surface area contributed by atoms with E-state index in [1.54, 1.807) is 11.8 Å². The third-order valence-electron chi connectivity index (χ3n) is 3.51. The Morgan fingerprint density at radius 1 is 1.32 bits per heavy atom. The number of thioether (sulfide) groups is 1. The summed E-state index contributed by atoms with van der Waals surface area (Å²) in [4.78, 5) is 13.3.